The minimum absolute atomic E-state index is 0.165. The molecule has 2 rings (SSSR count). The molecule has 1 aliphatic carbocycles. The maximum Gasteiger partial charge on any atom is 0.260 e. The molecular weight excluding hydrogens is 276 g/mol. The largest absolute Gasteiger partial charge is 0.313 e. The highest BCUT2D eigenvalue weighted by Crippen LogP contribution is 2.33. The molecule has 0 saturated heterocycles. The van der Waals surface area contributed by atoms with E-state index in [1.54, 1.807) is 10.5 Å². The van der Waals surface area contributed by atoms with Gasteiger partial charge in [-0.25, -0.2) is 8.42 Å². The van der Waals surface area contributed by atoms with Crippen molar-refractivity contribution in [2.45, 2.75) is 51.2 Å². The van der Waals surface area contributed by atoms with Gasteiger partial charge in [-0.3, -0.25) is 5.10 Å². The van der Waals surface area contributed by atoms with E-state index in [2.05, 4.69) is 15.5 Å². The number of rotatable bonds is 8. The van der Waals surface area contributed by atoms with Crippen molar-refractivity contribution < 1.29 is 8.42 Å². The van der Waals surface area contributed by atoms with E-state index in [0.29, 0.717) is 24.6 Å². The average Bonchev–Trinajstić information content (AvgIpc) is 3.10. The van der Waals surface area contributed by atoms with Gasteiger partial charge in [0.2, 0.25) is 0 Å². The van der Waals surface area contributed by atoms with Crippen LogP contribution >= 0.6 is 0 Å². The molecule has 1 heterocycles. The summed E-state index contributed by atoms with van der Waals surface area (Å²) in [5, 5.41) is 9.97. The summed E-state index contributed by atoms with van der Waals surface area (Å²) >= 11 is 0. The molecule has 0 aromatic carbocycles. The van der Waals surface area contributed by atoms with Crippen molar-refractivity contribution in [3.05, 3.63) is 11.8 Å². The van der Waals surface area contributed by atoms with Crippen LogP contribution in [-0.2, 0) is 16.6 Å². The first-order chi connectivity index (χ1) is 9.46. The molecule has 1 aliphatic rings. The summed E-state index contributed by atoms with van der Waals surface area (Å²) in [5.74, 6) is 0.311. The quantitative estimate of drug-likeness (QED) is 0.759. The van der Waals surface area contributed by atoms with Gasteiger partial charge in [-0.1, -0.05) is 20.8 Å². The topological polar surface area (TPSA) is 78.1 Å². The second kappa shape index (κ2) is 6.24. The Morgan fingerprint density at radius 1 is 1.50 bits per heavy atom. The van der Waals surface area contributed by atoms with E-state index in [0.717, 1.165) is 19.4 Å². The zero-order chi connectivity index (χ0) is 14.8. The lowest BCUT2D eigenvalue weighted by Crippen LogP contribution is -2.37. The van der Waals surface area contributed by atoms with Crippen molar-refractivity contribution in [1.29, 1.82) is 0 Å². The van der Waals surface area contributed by atoms with Crippen LogP contribution in [0, 0.1) is 5.92 Å². The number of nitrogens with zero attached hydrogens (tertiary/aromatic N) is 2. The molecule has 0 amide bonds. The Labute approximate surface area is 121 Å². The van der Waals surface area contributed by atoms with Crippen molar-refractivity contribution in [2.24, 2.45) is 5.92 Å². The van der Waals surface area contributed by atoms with Gasteiger partial charge < -0.3 is 5.32 Å². The summed E-state index contributed by atoms with van der Waals surface area (Å²) in [5.41, 5.74) is 0.709. The first-order valence-corrected chi connectivity index (χ1v) is 8.65. The van der Waals surface area contributed by atoms with E-state index in [4.69, 9.17) is 0 Å². The van der Waals surface area contributed by atoms with Gasteiger partial charge in [0, 0.05) is 24.7 Å². The SMILES string of the molecule is CCNCc1cn[nH]c1S(=O)(=O)N(CC(C)C)C1CC1. The van der Waals surface area contributed by atoms with Gasteiger partial charge >= 0.3 is 0 Å². The van der Waals surface area contributed by atoms with Crippen molar-refractivity contribution in [1.82, 2.24) is 19.8 Å². The van der Waals surface area contributed by atoms with Crippen LogP contribution in [0.15, 0.2) is 11.2 Å². The zero-order valence-corrected chi connectivity index (χ0v) is 13.2. The fourth-order valence-electron chi connectivity index (χ4n) is 2.19. The molecule has 1 saturated carbocycles. The lowest BCUT2D eigenvalue weighted by molar-refractivity contribution is 0.358. The van der Waals surface area contributed by atoms with Crippen LogP contribution in [0.3, 0.4) is 0 Å². The first-order valence-electron chi connectivity index (χ1n) is 7.21. The lowest BCUT2D eigenvalue weighted by Gasteiger charge is -2.23. The molecule has 6 nitrogen and oxygen atoms in total. The zero-order valence-electron chi connectivity index (χ0n) is 12.4. The van der Waals surface area contributed by atoms with E-state index in [1.165, 1.54) is 0 Å². The number of H-pyrrole nitrogens is 1. The predicted octanol–water partition coefficient (Wildman–Crippen LogP) is 1.33. The molecule has 0 spiro atoms. The molecule has 2 N–H and O–H groups in total. The van der Waals surface area contributed by atoms with E-state index >= 15 is 0 Å². The minimum atomic E-state index is -3.48. The Kier molecular flexibility index (Phi) is 4.82. The highest BCUT2D eigenvalue weighted by Gasteiger charge is 2.39. The van der Waals surface area contributed by atoms with E-state index < -0.39 is 10.0 Å². The molecule has 0 bridgehead atoms. The van der Waals surface area contributed by atoms with Crippen LogP contribution in [0.25, 0.3) is 0 Å². The minimum Gasteiger partial charge on any atom is -0.313 e. The lowest BCUT2D eigenvalue weighted by atomic mass is 10.2. The predicted molar refractivity (Wildman–Crippen MR) is 77.7 cm³/mol. The third-order valence-corrected chi connectivity index (χ3v) is 5.24. The van der Waals surface area contributed by atoms with Gasteiger partial charge in [-0.2, -0.15) is 9.40 Å². The fraction of sp³-hybridized carbons (Fsp3) is 0.769. The van der Waals surface area contributed by atoms with Crippen LogP contribution in [0.5, 0.6) is 0 Å². The number of sulfonamides is 1. The molecule has 7 heteroatoms. The molecule has 1 fully saturated rings. The van der Waals surface area contributed by atoms with Gasteiger partial charge in [-0.15, -0.1) is 0 Å². The summed E-state index contributed by atoms with van der Waals surface area (Å²) in [7, 11) is -3.48. The number of nitrogens with one attached hydrogen (secondary N) is 2. The third kappa shape index (κ3) is 3.39. The van der Waals surface area contributed by atoms with E-state index in [9.17, 15) is 8.42 Å². The maximum atomic E-state index is 12.8. The number of hydrogen-bond donors (Lipinski definition) is 2. The molecule has 20 heavy (non-hydrogen) atoms. The monoisotopic (exact) mass is 300 g/mol. The Bertz CT molecular complexity index is 534. The summed E-state index contributed by atoms with van der Waals surface area (Å²) in [6, 6.07) is 0.165. The van der Waals surface area contributed by atoms with Crippen LogP contribution in [-0.4, -0.2) is 42.1 Å². The Balaban J connectivity index is 2.25. The summed E-state index contributed by atoms with van der Waals surface area (Å²) in [6.45, 7) is 7.94. The van der Waals surface area contributed by atoms with Gasteiger partial charge in [0.05, 0.1) is 6.20 Å². The Hall–Kier alpha value is -0.920. The second-order valence-electron chi connectivity index (χ2n) is 5.70. The van der Waals surface area contributed by atoms with Crippen molar-refractivity contribution >= 4 is 10.0 Å². The van der Waals surface area contributed by atoms with Crippen LogP contribution in [0.1, 0.15) is 39.2 Å². The highest BCUT2D eigenvalue weighted by atomic mass is 32.2. The number of hydrogen-bond acceptors (Lipinski definition) is 4. The molecule has 0 radical (unpaired) electrons. The van der Waals surface area contributed by atoms with Crippen LogP contribution in [0.2, 0.25) is 0 Å². The van der Waals surface area contributed by atoms with Crippen LogP contribution < -0.4 is 5.32 Å². The smallest absolute Gasteiger partial charge is 0.260 e. The van der Waals surface area contributed by atoms with Crippen molar-refractivity contribution in [2.75, 3.05) is 13.1 Å². The normalized spacial score (nSPS) is 16.2. The van der Waals surface area contributed by atoms with Gasteiger partial charge in [0.1, 0.15) is 0 Å². The molecule has 1 aromatic rings. The van der Waals surface area contributed by atoms with Gasteiger partial charge in [-0.05, 0) is 25.3 Å². The summed E-state index contributed by atoms with van der Waals surface area (Å²) < 4.78 is 27.3. The van der Waals surface area contributed by atoms with E-state index in [1.807, 2.05) is 20.8 Å². The molecular formula is C13H24N4O2S. The maximum absolute atomic E-state index is 12.8. The third-order valence-electron chi connectivity index (χ3n) is 3.31. The number of aromatic nitrogens is 2. The van der Waals surface area contributed by atoms with Gasteiger partial charge in [0.25, 0.3) is 10.0 Å². The molecule has 0 atom stereocenters. The Morgan fingerprint density at radius 3 is 2.75 bits per heavy atom. The summed E-state index contributed by atoms with van der Waals surface area (Å²) in [4.78, 5) is 0. The van der Waals surface area contributed by atoms with Gasteiger partial charge in [0.15, 0.2) is 5.03 Å². The van der Waals surface area contributed by atoms with Crippen molar-refractivity contribution in [3.8, 4) is 0 Å². The van der Waals surface area contributed by atoms with Crippen molar-refractivity contribution in [3.63, 3.8) is 0 Å². The molecule has 0 aliphatic heterocycles. The van der Waals surface area contributed by atoms with Crippen LogP contribution in [0.4, 0.5) is 0 Å². The fourth-order valence-corrected chi connectivity index (χ4v) is 4.15. The first kappa shape index (κ1) is 15.5. The molecule has 114 valence electrons. The summed E-state index contributed by atoms with van der Waals surface area (Å²) in [6.07, 6.45) is 3.52. The number of aromatic amines is 1. The highest BCUT2D eigenvalue weighted by molar-refractivity contribution is 7.89. The standard InChI is InChI=1S/C13H24N4O2S/c1-4-14-7-11-8-15-16-13(11)20(18,19)17(9-10(2)3)12-5-6-12/h8,10,12,14H,4-7,9H2,1-3H3,(H,15,16). The average molecular weight is 300 g/mol. The van der Waals surface area contributed by atoms with E-state index in [-0.39, 0.29) is 11.1 Å². The second-order valence-corrected chi connectivity index (χ2v) is 7.53. The Morgan fingerprint density at radius 2 is 2.20 bits per heavy atom. The molecule has 0 unspecified atom stereocenters. The molecule has 1 aromatic heterocycles.